The van der Waals surface area contributed by atoms with Crippen molar-refractivity contribution in [1.29, 1.82) is 0 Å². The van der Waals surface area contributed by atoms with Crippen molar-refractivity contribution in [2.24, 2.45) is 11.7 Å². The normalized spacial score (nSPS) is 13.1. The Morgan fingerprint density at radius 3 is 2.89 bits per heavy atom. The van der Waals surface area contributed by atoms with Crippen LogP contribution >= 0.6 is 0 Å². The molecular weight excluding hydrogens is 244 g/mol. The molecule has 104 valence electrons. The summed E-state index contributed by atoms with van der Waals surface area (Å²) in [6, 6.07) is -0.0736. The van der Waals surface area contributed by atoms with Crippen molar-refractivity contribution < 1.29 is 4.52 Å². The number of nitrogens with two attached hydrogens (primary N) is 1. The van der Waals surface area contributed by atoms with Gasteiger partial charge in [-0.15, -0.1) is 5.10 Å². The summed E-state index contributed by atoms with van der Waals surface area (Å²) in [7, 11) is 0. The quantitative estimate of drug-likeness (QED) is 0.845. The Morgan fingerprint density at radius 1 is 1.42 bits per heavy atom. The van der Waals surface area contributed by atoms with Crippen molar-refractivity contribution in [1.82, 2.24) is 25.1 Å². The van der Waals surface area contributed by atoms with Crippen LogP contribution in [0.15, 0.2) is 10.7 Å². The lowest BCUT2D eigenvalue weighted by Crippen LogP contribution is -2.08. The van der Waals surface area contributed by atoms with Crippen molar-refractivity contribution in [3.05, 3.63) is 23.6 Å². The maximum Gasteiger partial charge on any atom is 0.226 e. The number of nitrogens with zero attached hydrogens (tertiary/aromatic N) is 5. The summed E-state index contributed by atoms with van der Waals surface area (Å²) in [5.41, 5.74) is 6.68. The molecule has 0 fully saturated rings. The van der Waals surface area contributed by atoms with Crippen LogP contribution in [-0.2, 0) is 13.0 Å². The molecule has 1 unspecified atom stereocenters. The molecule has 2 N–H and O–H groups in total. The Morgan fingerprint density at radius 2 is 2.21 bits per heavy atom. The summed E-state index contributed by atoms with van der Waals surface area (Å²) in [6.45, 7) is 6.69. The van der Waals surface area contributed by atoms with E-state index >= 15 is 0 Å². The third-order valence-corrected chi connectivity index (χ3v) is 2.77. The van der Waals surface area contributed by atoms with Crippen LogP contribution < -0.4 is 5.73 Å². The first-order chi connectivity index (χ1) is 9.08. The Bertz CT molecular complexity index is 518. The zero-order valence-electron chi connectivity index (χ0n) is 11.6. The first-order valence-corrected chi connectivity index (χ1v) is 6.55. The summed E-state index contributed by atoms with van der Waals surface area (Å²) in [5, 5.41) is 12.0. The Kier molecular flexibility index (Phi) is 4.26. The fraction of sp³-hybridized carbons (Fsp3) is 0.667. The van der Waals surface area contributed by atoms with Crippen LogP contribution in [0.25, 0.3) is 0 Å². The van der Waals surface area contributed by atoms with Crippen LogP contribution in [-0.4, -0.2) is 25.1 Å². The predicted octanol–water partition coefficient (Wildman–Crippen LogP) is 1.32. The van der Waals surface area contributed by atoms with E-state index < -0.39 is 0 Å². The van der Waals surface area contributed by atoms with E-state index in [-0.39, 0.29) is 6.04 Å². The van der Waals surface area contributed by atoms with Crippen molar-refractivity contribution in [2.45, 2.75) is 46.2 Å². The maximum absolute atomic E-state index is 5.89. The molecule has 0 aliphatic heterocycles. The van der Waals surface area contributed by atoms with Gasteiger partial charge in [0.1, 0.15) is 6.54 Å². The Balaban J connectivity index is 2.00. The lowest BCUT2D eigenvalue weighted by atomic mass is 10.1. The van der Waals surface area contributed by atoms with E-state index in [9.17, 15) is 0 Å². The summed E-state index contributed by atoms with van der Waals surface area (Å²) >= 11 is 0. The molecule has 7 nitrogen and oxygen atoms in total. The minimum Gasteiger partial charge on any atom is -0.339 e. The molecule has 2 heterocycles. The van der Waals surface area contributed by atoms with Crippen LogP contribution in [0.3, 0.4) is 0 Å². The van der Waals surface area contributed by atoms with Gasteiger partial charge in [0.15, 0.2) is 5.82 Å². The number of aromatic nitrogens is 5. The molecule has 1 atom stereocenters. The van der Waals surface area contributed by atoms with Crippen LogP contribution in [0.4, 0.5) is 0 Å². The SMILES string of the molecule is CCC(N)c1cn(Cc2noc(CC(C)C)n2)nn1. The molecule has 0 saturated carbocycles. The number of hydrogen-bond donors (Lipinski definition) is 1. The van der Waals surface area contributed by atoms with E-state index in [0.717, 1.165) is 18.5 Å². The van der Waals surface area contributed by atoms with Crippen LogP contribution in [0.2, 0.25) is 0 Å². The average Bonchev–Trinajstić information content (AvgIpc) is 2.98. The molecule has 0 saturated heterocycles. The highest BCUT2D eigenvalue weighted by Crippen LogP contribution is 2.10. The van der Waals surface area contributed by atoms with Gasteiger partial charge in [-0.2, -0.15) is 4.98 Å². The fourth-order valence-corrected chi connectivity index (χ4v) is 1.70. The van der Waals surface area contributed by atoms with Gasteiger partial charge in [-0.05, 0) is 12.3 Å². The Labute approximate surface area is 112 Å². The van der Waals surface area contributed by atoms with Gasteiger partial charge in [0, 0.05) is 6.42 Å². The molecule has 2 aromatic rings. The molecule has 0 amide bonds. The molecule has 2 aromatic heterocycles. The second kappa shape index (κ2) is 5.92. The molecule has 0 aliphatic rings. The molecule has 0 radical (unpaired) electrons. The Hall–Kier alpha value is -1.76. The van der Waals surface area contributed by atoms with Crippen LogP contribution in [0.1, 0.15) is 50.6 Å². The van der Waals surface area contributed by atoms with Gasteiger partial charge in [0.2, 0.25) is 5.89 Å². The maximum atomic E-state index is 5.89. The third kappa shape index (κ3) is 3.60. The summed E-state index contributed by atoms with van der Waals surface area (Å²) in [6.07, 6.45) is 3.45. The fourth-order valence-electron chi connectivity index (χ4n) is 1.70. The van der Waals surface area contributed by atoms with E-state index in [1.54, 1.807) is 4.68 Å². The van der Waals surface area contributed by atoms with E-state index in [0.29, 0.717) is 24.2 Å². The van der Waals surface area contributed by atoms with Crippen molar-refractivity contribution >= 4 is 0 Å². The van der Waals surface area contributed by atoms with Gasteiger partial charge in [-0.3, -0.25) is 0 Å². The van der Waals surface area contributed by atoms with Crippen LogP contribution in [0, 0.1) is 5.92 Å². The van der Waals surface area contributed by atoms with Gasteiger partial charge in [0.05, 0.1) is 17.9 Å². The summed E-state index contributed by atoms with van der Waals surface area (Å²) < 4.78 is 6.85. The highest BCUT2D eigenvalue weighted by atomic mass is 16.5. The molecule has 0 aliphatic carbocycles. The molecular formula is C12H20N6O. The zero-order chi connectivity index (χ0) is 13.8. The highest BCUT2D eigenvalue weighted by Gasteiger charge is 2.12. The number of hydrogen-bond acceptors (Lipinski definition) is 6. The minimum atomic E-state index is -0.0736. The topological polar surface area (TPSA) is 95.7 Å². The van der Waals surface area contributed by atoms with Gasteiger partial charge in [-0.1, -0.05) is 31.1 Å². The van der Waals surface area contributed by atoms with Crippen molar-refractivity contribution in [2.75, 3.05) is 0 Å². The molecule has 19 heavy (non-hydrogen) atoms. The second-order valence-electron chi connectivity index (χ2n) is 5.06. The first kappa shape index (κ1) is 13.7. The molecule has 0 aromatic carbocycles. The third-order valence-electron chi connectivity index (χ3n) is 2.77. The summed E-state index contributed by atoms with van der Waals surface area (Å²) in [5.74, 6) is 1.77. The standard InChI is InChI=1S/C12H20N6O/c1-4-9(13)10-6-18(17-15-10)7-11-14-12(19-16-11)5-8(2)3/h6,8-9H,4-5,7,13H2,1-3H3. The van der Waals surface area contributed by atoms with E-state index in [1.807, 2.05) is 13.1 Å². The van der Waals surface area contributed by atoms with E-state index in [1.165, 1.54) is 0 Å². The number of rotatable bonds is 6. The monoisotopic (exact) mass is 264 g/mol. The molecule has 2 rings (SSSR count). The van der Waals surface area contributed by atoms with Gasteiger partial charge in [0.25, 0.3) is 0 Å². The predicted molar refractivity (Wildman–Crippen MR) is 69.2 cm³/mol. The molecule has 7 heteroatoms. The second-order valence-corrected chi connectivity index (χ2v) is 5.06. The lowest BCUT2D eigenvalue weighted by molar-refractivity contribution is 0.357. The molecule has 0 bridgehead atoms. The highest BCUT2D eigenvalue weighted by molar-refractivity contribution is 5.00. The van der Waals surface area contributed by atoms with Gasteiger partial charge >= 0.3 is 0 Å². The summed E-state index contributed by atoms with van der Waals surface area (Å²) in [4.78, 5) is 4.32. The average molecular weight is 264 g/mol. The van der Waals surface area contributed by atoms with Crippen molar-refractivity contribution in [3.8, 4) is 0 Å². The van der Waals surface area contributed by atoms with Gasteiger partial charge in [-0.25, -0.2) is 4.68 Å². The van der Waals surface area contributed by atoms with E-state index in [4.69, 9.17) is 10.3 Å². The molecule has 0 spiro atoms. The minimum absolute atomic E-state index is 0.0736. The largest absolute Gasteiger partial charge is 0.339 e. The van der Waals surface area contributed by atoms with Crippen molar-refractivity contribution in [3.63, 3.8) is 0 Å². The van der Waals surface area contributed by atoms with Gasteiger partial charge < -0.3 is 10.3 Å². The van der Waals surface area contributed by atoms with E-state index in [2.05, 4.69) is 34.3 Å². The smallest absolute Gasteiger partial charge is 0.226 e. The van der Waals surface area contributed by atoms with Crippen LogP contribution in [0.5, 0.6) is 0 Å². The lowest BCUT2D eigenvalue weighted by Gasteiger charge is -2.01. The zero-order valence-corrected chi connectivity index (χ0v) is 11.6. The first-order valence-electron chi connectivity index (χ1n) is 6.55.